The first-order valence-corrected chi connectivity index (χ1v) is 7.17. The Morgan fingerprint density at radius 1 is 1.38 bits per heavy atom. The fraction of sp³-hybridized carbons (Fsp3) is 0.357. The molecule has 1 fully saturated rings. The van der Waals surface area contributed by atoms with Crippen LogP contribution >= 0.6 is 11.6 Å². The Hall–Kier alpha value is -2.29. The summed E-state index contributed by atoms with van der Waals surface area (Å²) in [6.45, 7) is -0.711. The van der Waals surface area contributed by atoms with Crippen LogP contribution in [0.4, 0.5) is 18.9 Å². The maximum Gasteiger partial charge on any atom is 0.416 e. The summed E-state index contributed by atoms with van der Waals surface area (Å²) in [5, 5.41) is 4.42. The van der Waals surface area contributed by atoms with Crippen LogP contribution in [0.2, 0.25) is 5.02 Å². The number of nitrogens with one attached hydrogen (secondary N) is 2. The summed E-state index contributed by atoms with van der Waals surface area (Å²) in [5.41, 5.74) is -1.23. The molecule has 1 heterocycles. The number of halogens is 4. The van der Waals surface area contributed by atoms with Gasteiger partial charge in [0.2, 0.25) is 5.91 Å². The summed E-state index contributed by atoms with van der Waals surface area (Å²) in [6.07, 6.45) is -4.14. The Morgan fingerprint density at radius 2 is 2.08 bits per heavy atom. The number of carbonyl (C=O) groups is 3. The zero-order chi connectivity index (χ0) is 17.9. The van der Waals surface area contributed by atoms with E-state index >= 15 is 0 Å². The Kier molecular flexibility index (Phi) is 5.33. The van der Waals surface area contributed by atoms with Crippen molar-refractivity contribution in [3.05, 3.63) is 28.8 Å². The van der Waals surface area contributed by atoms with E-state index in [0.29, 0.717) is 6.07 Å². The SMILES string of the molecule is O=C(COC(=O)[C@@H]1CCC(=O)N1)Nc1cc(C(F)(F)F)ccc1Cl. The van der Waals surface area contributed by atoms with Crippen molar-refractivity contribution in [3.63, 3.8) is 0 Å². The van der Waals surface area contributed by atoms with Gasteiger partial charge in [-0.3, -0.25) is 9.59 Å². The normalized spacial score (nSPS) is 17.3. The number of anilines is 1. The largest absolute Gasteiger partial charge is 0.454 e. The van der Waals surface area contributed by atoms with Gasteiger partial charge in [-0.25, -0.2) is 4.79 Å². The Morgan fingerprint density at radius 3 is 2.67 bits per heavy atom. The lowest BCUT2D eigenvalue weighted by Crippen LogP contribution is -2.36. The second-order valence-electron chi connectivity index (χ2n) is 5.01. The molecule has 0 aromatic heterocycles. The monoisotopic (exact) mass is 364 g/mol. The molecule has 1 aromatic rings. The van der Waals surface area contributed by atoms with E-state index in [1.165, 1.54) is 0 Å². The van der Waals surface area contributed by atoms with Crippen LogP contribution in [0.25, 0.3) is 0 Å². The molecule has 1 saturated heterocycles. The first-order valence-electron chi connectivity index (χ1n) is 6.79. The van der Waals surface area contributed by atoms with E-state index in [2.05, 4.69) is 10.6 Å². The standard InChI is InChI=1S/C14H12ClF3N2O4/c15-8-2-1-7(14(16,17)18)5-10(8)20-12(22)6-24-13(23)9-3-4-11(21)19-9/h1-2,5,9H,3-4,6H2,(H,19,21)(H,20,22)/t9-/m0/s1. The van der Waals surface area contributed by atoms with Gasteiger partial charge in [-0.2, -0.15) is 13.2 Å². The molecule has 2 N–H and O–H groups in total. The maximum atomic E-state index is 12.6. The number of hydrogen-bond acceptors (Lipinski definition) is 4. The van der Waals surface area contributed by atoms with Gasteiger partial charge in [0, 0.05) is 6.42 Å². The van der Waals surface area contributed by atoms with E-state index in [-0.39, 0.29) is 29.5 Å². The predicted octanol–water partition coefficient (Wildman–Crippen LogP) is 2.12. The number of benzene rings is 1. The van der Waals surface area contributed by atoms with Crippen molar-refractivity contribution < 1.29 is 32.3 Å². The molecule has 2 amide bonds. The molecule has 0 saturated carbocycles. The van der Waals surface area contributed by atoms with Gasteiger partial charge >= 0.3 is 12.1 Å². The number of esters is 1. The molecule has 1 aliphatic rings. The quantitative estimate of drug-likeness (QED) is 0.801. The number of carbonyl (C=O) groups excluding carboxylic acids is 3. The van der Waals surface area contributed by atoms with Gasteiger partial charge in [-0.15, -0.1) is 0 Å². The van der Waals surface area contributed by atoms with E-state index in [9.17, 15) is 27.6 Å². The van der Waals surface area contributed by atoms with Gasteiger partial charge in [-0.05, 0) is 24.6 Å². The molecule has 1 aliphatic heterocycles. The number of amides is 2. The van der Waals surface area contributed by atoms with Gasteiger partial charge in [0.05, 0.1) is 16.3 Å². The van der Waals surface area contributed by atoms with E-state index in [0.717, 1.165) is 12.1 Å². The van der Waals surface area contributed by atoms with Crippen LogP contribution in [0.1, 0.15) is 18.4 Å². The molecule has 10 heteroatoms. The molecule has 1 atom stereocenters. The Balaban J connectivity index is 1.92. The van der Waals surface area contributed by atoms with Crippen LogP contribution in [0.15, 0.2) is 18.2 Å². The van der Waals surface area contributed by atoms with Gasteiger partial charge in [0.1, 0.15) is 6.04 Å². The minimum absolute atomic E-state index is 0.0919. The minimum Gasteiger partial charge on any atom is -0.454 e. The van der Waals surface area contributed by atoms with Crippen molar-refractivity contribution in [2.24, 2.45) is 0 Å². The Bertz CT molecular complexity index is 678. The zero-order valence-electron chi connectivity index (χ0n) is 12.1. The molecule has 0 aliphatic carbocycles. The molecule has 0 spiro atoms. The smallest absolute Gasteiger partial charge is 0.416 e. The number of ether oxygens (including phenoxy) is 1. The second kappa shape index (κ2) is 7.08. The average Bonchev–Trinajstić information content (AvgIpc) is 2.92. The van der Waals surface area contributed by atoms with Crippen LogP contribution in [0, 0.1) is 0 Å². The highest BCUT2D eigenvalue weighted by atomic mass is 35.5. The third-order valence-electron chi connectivity index (χ3n) is 3.19. The fourth-order valence-electron chi connectivity index (χ4n) is 2.01. The molecule has 0 unspecified atom stereocenters. The third kappa shape index (κ3) is 4.60. The van der Waals surface area contributed by atoms with Crippen molar-refractivity contribution in [3.8, 4) is 0 Å². The number of alkyl halides is 3. The predicted molar refractivity (Wildman–Crippen MR) is 77.2 cm³/mol. The van der Waals surface area contributed by atoms with Crippen LogP contribution in [-0.4, -0.2) is 30.4 Å². The molecule has 2 rings (SSSR count). The summed E-state index contributed by atoms with van der Waals surface area (Å²) < 4.78 is 42.6. The topological polar surface area (TPSA) is 84.5 Å². The van der Waals surface area contributed by atoms with Crippen molar-refractivity contribution in [2.45, 2.75) is 25.1 Å². The lowest BCUT2D eigenvalue weighted by Gasteiger charge is -2.13. The molecular formula is C14H12ClF3N2O4. The maximum absolute atomic E-state index is 12.6. The van der Waals surface area contributed by atoms with Crippen molar-refractivity contribution in [2.75, 3.05) is 11.9 Å². The van der Waals surface area contributed by atoms with E-state index in [4.69, 9.17) is 16.3 Å². The minimum atomic E-state index is -4.59. The first kappa shape index (κ1) is 18.1. The van der Waals surface area contributed by atoms with Gasteiger partial charge < -0.3 is 15.4 Å². The Labute approximate surface area is 139 Å². The molecule has 0 bridgehead atoms. The van der Waals surface area contributed by atoms with E-state index in [1.807, 2.05) is 0 Å². The average molecular weight is 365 g/mol. The molecular weight excluding hydrogens is 353 g/mol. The van der Waals surface area contributed by atoms with Crippen molar-refractivity contribution >= 4 is 35.1 Å². The summed E-state index contributed by atoms with van der Waals surface area (Å²) in [6, 6.07) is 1.64. The van der Waals surface area contributed by atoms with Crippen LogP contribution < -0.4 is 10.6 Å². The van der Waals surface area contributed by atoms with Crippen LogP contribution in [-0.2, 0) is 25.3 Å². The second-order valence-corrected chi connectivity index (χ2v) is 5.41. The first-order chi connectivity index (χ1) is 11.2. The fourth-order valence-corrected chi connectivity index (χ4v) is 2.18. The van der Waals surface area contributed by atoms with E-state index in [1.54, 1.807) is 0 Å². The lowest BCUT2D eigenvalue weighted by atomic mass is 10.2. The van der Waals surface area contributed by atoms with Crippen molar-refractivity contribution in [1.29, 1.82) is 0 Å². The molecule has 6 nitrogen and oxygen atoms in total. The summed E-state index contributed by atoms with van der Waals surface area (Å²) in [5.74, 6) is -1.93. The summed E-state index contributed by atoms with van der Waals surface area (Å²) >= 11 is 5.74. The highest BCUT2D eigenvalue weighted by Crippen LogP contribution is 2.33. The zero-order valence-corrected chi connectivity index (χ0v) is 12.8. The van der Waals surface area contributed by atoms with Gasteiger partial charge in [0.15, 0.2) is 6.61 Å². The van der Waals surface area contributed by atoms with Crippen molar-refractivity contribution in [1.82, 2.24) is 5.32 Å². The molecule has 130 valence electrons. The van der Waals surface area contributed by atoms with Gasteiger partial charge in [-0.1, -0.05) is 11.6 Å². The summed E-state index contributed by atoms with van der Waals surface area (Å²) in [4.78, 5) is 34.3. The summed E-state index contributed by atoms with van der Waals surface area (Å²) in [7, 11) is 0. The number of rotatable bonds is 4. The highest BCUT2D eigenvalue weighted by molar-refractivity contribution is 6.33. The van der Waals surface area contributed by atoms with Crippen LogP contribution in [0.3, 0.4) is 0 Å². The third-order valence-corrected chi connectivity index (χ3v) is 3.52. The molecule has 1 aromatic carbocycles. The molecule has 24 heavy (non-hydrogen) atoms. The van der Waals surface area contributed by atoms with Crippen LogP contribution in [0.5, 0.6) is 0 Å². The lowest BCUT2D eigenvalue weighted by molar-refractivity contribution is -0.149. The van der Waals surface area contributed by atoms with E-state index < -0.39 is 36.3 Å². The highest BCUT2D eigenvalue weighted by Gasteiger charge is 2.31. The number of hydrogen-bond donors (Lipinski definition) is 2. The molecule has 0 radical (unpaired) electrons. The van der Waals surface area contributed by atoms with Gasteiger partial charge in [0.25, 0.3) is 5.91 Å².